The zero-order valence-electron chi connectivity index (χ0n) is 8.08. The molecule has 0 fully saturated rings. The van der Waals surface area contributed by atoms with Crippen molar-refractivity contribution in [1.82, 2.24) is 15.0 Å². The Bertz CT molecular complexity index is 508. The van der Waals surface area contributed by atoms with Gasteiger partial charge >= 0.3 is 0 Å². The van der Waals surface area contributed by atoms with Crippen molar-refractivity contribution in [1.29, 1.82) is 0 Å². The lowest BCUT2D eigenvalue weighted by atomic mass is 10.3. The van der Waals surface area contributed by atoms with E-state index in [0.717, 1.165) is 0 Å². The van der Waals surface area contributed by atoms with Gasteiger partial charge in [0.15, 0.2) is 0 Å². The van der Waals surface area contributed by atoms with Crippen LogP contribution >= 0.6 is 11.6 Å². The maximum Gasteiger partial charge on any atom is 0.269 e. The molecule has 1 heterocycles. The maximum absolute atomic E-state index is 10.5. The van der Waals surface area contributed by atoms with Gasteiger partial charge in [-0.2, -0.15) is 0 Å². The molecule has 0 atom stereocenters. The van der Waals surface area contributed by atoms with Crippen LogP contribution < -0.4 is 0 Å². The van der Waals surface area contributed by atoms with Crippen molar-refractivity contribution in [3.8, 4) is 5.69 Å². The molecule has 0 spiro atoms. The first kappa shape index (κ1) is 10.6. The van der Waals surface area contributed by atoms with Gasteiger partial charge in [0.25, 0.3) is 5.69 Å². The van der Waals surface area contributed by atoms with Crippen LogP contribution in [0.1, 0.15) is 5.69 Å². The molecule has 0 aliphatic rings. The smallest absolute Gasteiger partial charge is 0.258 e. The fourth-order valence-electron chi connectivity index (χ4n) is 1.21. The minimum absolute atomic E-state index is 0.0430. The summed E-state index contributed by atoms with van der Waals surface area (Å²) in [5.74, 6) is 0.285. The molecule has 0 amide bonds. The van der Waals surface area contributed by atoms with Gasteiger partial charge in [0, 0.05) is 12.1 Å². The van der Waals surface area contributed by atoms with E-state index >= 15 is 0 Å². The average molecular weight is 239 g/mol. The van der Waals surface area contributed by atoms with Crippen molar-refractivity contribution in [3.05, 3.63) is 46.3 Å². The van der Waals surface area contributed by atoms with Crippen molar-refractivity contribution < 1.29 is 4.92 Å². The lowest BCUT2D eigenvalue weighted by Gasteiger charge is -1.98. The summed E-state index contributed by atoms with van der Waals surface area (Å²) >= 11 is 5.59. The first-order chi connectivity index (χ1) is 7.70. The standard InChI is InChI=1S/C9H7ClN4O2/c10-5-7-6-13(12-11-7)8-1-3-9(4-2-8)14(15)16/h1-4,6H,5H2. The minimum atomic E-state index is -0.449. The highest BCUT2D eigenvalue weighted by atomic mass is 35.5. The van der Waals surface area contributed by atoms with E-state index in [1.807, 2.05) is 0 Å². The van der Waals surface area contributed by atoms with Crippen molar-refractivity contribution in [3.63, 3.8) is 0 Å². The van der Waals surface area contributed by atoms with E-state index in [9.17, 15) is 10.1 Å². The number of benzene rings is 1. The Morgan fingerprint density at radius 3 is 2.56 bits per heavy atom. The third-order valence-electron chi connectivity index (χ3n) is 2.00. The van der Waals surface area contributed by atoms with E-state index in [1.165, 1.54) is 16.8 Å². The number of halogens is 1. The van der Waals surface area contributed by atoms with Gasteiger partial charge in [0.1, 0.15) is 0 Å². The fraction of sp³-hybridized carbons (Fsp3) is 0.111. The predicted molar refractivity (Wildman–Crippen MR) is 57.6 cm³/mol. The Labute approximate surface area is 95.6 Å². The molecule has 0 aliphatic carbocycles. The molecule has 0 saturated heterocycles. The summed E-state index contributed by atoms with van der Waals surface area (Å²) in [5, 5.41) is 18.1. The molecule has 1 aromatic carbocycles. The Morgan fingerprint density at radius 2 is 2.06 bits per heavy atom. The molecule has 2 rings (SSSR count). The van der Waals surface area contributed by atoms with Gasteiger partial charge < -0.3 is 0 Å². The number of nitro groups is 1. The van der Waals surface area contributed by atoms with Crippen LogP contribution in [0.2, 0.25) is 0 Å². The molecule has 1 aromatic heterocycles. The summed E-state index contributed by atoms with van der Waals surface area (Å²) in [5.41, 5.74) is 1.40. The minimum Gasteiger partial charge on any atom is -0.258 e. The molecule has 7 heteroatoms. The van der Waals surface area contributed by atoms with E-state index in [0.29, 0.717) is 11.4 Å². The Hall–Kier alpha value is -1.95. The second kappa shape index (κ2) is 4.28. The van der Waals surface area contributed by atoms with Crippen LogP contribution in [-0.2, 0) is 5.88 Å². The number of hydrogen-bond acceptors (Lipinski definition) is 4. The molecule has 6 nitrogen and oxygen atoms in total. The van der Waals surface area contributed by atoms with Gasteiger partial charge in [-0.1, -0.05) is 5.21 Å². The average Bonchev–Trinajstić information content (AvgIpc) is 2.77. The van der Waals surface area contributed by atoms with E-state index in [1.54, 1.807) is 18.3 Å². The summed E-state index contributed by atoms with van der Waals surface area (Å²) in [7, 11) is 0. The summed E-state index contributed by atoms with van der Waals surface area (Å²) in [6.45, 7) is 0. The zero-order chi connectivity index (χ0) is 11.5. The fourth-order valence-corrected chi connectivity index (χ4v) is 1.34. The Balaban J connectivity index is 2.30. The third kappa shape index (κ3) is 2.01. The summed E-state index contributed by atoms with van der Waals surface area (Å²) in [4.78, 5) is 10.0. The topological polar surface area (TPSA) is 73.8 Å². The van der Waals surface area contributed by atoms with E-state index in [2.05, 4.69) is 10.3 Å². The van der Waals surface area contributed by atoms with Crippen molar-refractivity contribution in [2.45, 2.75) is 5.88 Å². The first-order valence-electron chi connectivity index (χ1n) is 4.43. The van der Waals surface area contributed by atoms with Crippen LogP contribution in [0.15, 0.2) is 30.5 Å². The van der Waals surface area contributed by atoms with Crippen LogP contribution in [0.5, 0.6) is 0 Å². The molecule has 0 N–H and O–H groups in total. The van der Waals surface area contributed by atoms with E-state index < -0.39 is 4.92 Å². The van der Waals surface area contributed by atoms with Gasteiger partial charge in [-0.25, -0.2) is 4.68 Å². The van der Waals surface area contributed by atoms with E-state index in [4.69, 9.17) is 11.6 Å². The number of non-ortho nitro benzene ring substituents is 1. The van der Waals surface area contributed by atoms with Gasteiger partial charge in [-0.15, -0.1) is 16.7 Å². The Kier molecular flexibility index (Phi) is 2.82. The molecule has 0 aliphatic heterocycles. The number of nitro benzene ring substituents is 1. The highest BCUT2D eigenvalue weighted by molar-refractivity contribution is 6.16. The molecule has 16 heavy (non-hydrogen) atoms. The van der Waals surface area contributed by atoms with Gasteiger partial charge in [0.2, 0.25) is 0 Å². The van der Waals surface area contributed by atoms with Crippen LogP contribution in [0, 0.1) is 10.1 Å². The summed E-state index contributed by atoms with van der Waals surface area (Å²) in [6, 6.07) is 6.03. The highest BCUT2D eigenvalue weighted by Gasteiger charge is 2.06. The number of aromatic nitrogens is 3. The maximum atomic E-state index is 10.5. The molecule has 2 aromatic rings. The molecule has 0 saturated carbocycles. The first-order valence-corrected chi connectivity index (χ1v) is 4.96. The number of hydrogen-bond donors (Lipinski definition) is 0. The second-order valence-electron chi connectivity index (χ2n) is 3.06. The molecule has 0 bridgehead atoms. The largest absolute Gasteiger partial charge is 0.269 e. The van der Waals surface area contributed by atoms with Gasteiger partial charge in [-0.05, 0) is 12.1 Å². The highest BCUT2D eigenvalue weighted by Crippen LogP contribution is 2.14. The zero-order valence-corrected chi connectivity index (χ0v) is 8.83. The van der Waals surface area contributed by atoms with E-state index in [-0.39, 0.29) is 11.6 Å². The molecular formula is C9H7ClN4O2. The number of nitrogens with zero attached hydrogens (tertiary/aromatic N) is 4. The molecule has 82 valence electrons. The van der Waals surface area contributed by atoms with Crippen LogP contribution in [0.4, 0.5) is 5.69 Å². The number of rotatable bonds is 3. The predicted octanol–water partition coefficient (Wildman–Crippen LogP) is 1.91. The number of alkyl halides is 1. The molecule has 0 unspecified atom stereocenters. The van der Waals surface area contributed by atoms with Gasteiger partial charge in [0.05, 0.1) is 28.4 Å². The summed E-state index contributed by atoms with van der Waals surface area (Å²) < 4.78 is 1.52. The van der Waals surface area contributed by atoms with Crippen LogP contribution in [0.25, 0.3) is 5.69 Å². The Morgan fingerprint density at radius 1 is 1.38 bits per heavy atom. The third-order valence-corrected chi connectivity index (χ3v) is 2.28. The van der Waals surface area contributed by atoms with Crippen molar-refractivity contribution in [2.75, 3.05) is 0 Å². The van der Waals surface area contributed by atoms with Crippen molar-refractivity contribution in [2.24, 2.45) is 0 Å². The van der Waals surface area contributed by atoms with Gasteiger partial charge in [-0.3, -0.25) is 10.1 Å². The monoisotopic (exact) mass is 238 g/mol. The SMILES string of the molecule is O=[N+]([O-])c1ccc(-n2cc(CCl)nn2)cc1. The summed E-state index contributed by atoms with van der Waals surface area (Å²) in [6.07, 6.45) is 1.67. The van der Waals surface area contributed by atoms with Crippen molar-refractivity contribution >= 4 is 17.3 Å². The quantitative estimate of drug-likeness (QED) is 0.465. The normalized spacial score (nSPS) is 10.3. The lowest BCUT2D eigenvalue weighted by Crippen LogP contribution is -1.95. The van der Waals surface area contributed by atoms with Crippen LogP contribution in [0.3, 0.4) is 0 Å². The van der Waals surface area contributed by atoms with Crippen LogP contribution in [-0.4, -0.2) is 19.9 Å². The molecule has 0 radical (unpaired) electrons. The molecular weight excluding hydrogens is 232 g/mol. The lowest BCUT2D eigenvalue weighted by molar-refractivity contribution is -0.384. The second-order valence-corrected chi connectivity index (χ2v) is 3.33.